The van der Waals surface area contributed by atoms with E-state index in [0.717, 1.165) is 16.5 Å². The monoisotopic (exact) mass is 355 g/mol. The first kappa shape index (κ1) is 17.0. The van der Waals surface area contributed by atoms with Gasteiger partial charge in [-0.2, -0.15) is 5.10 Å². The van der Waals surface area contributed by atoms with E-state index in [1.807, 2.05) is 59.4 Å². The Morgan fingerprint density at radius 2 is 1.74 bits per heavy atom. The van der Waals surface area contributed by atoms with Crippen LogP contribution in [0.4, 0.5) is 0 Å². The molecule has 0 bridgehead atoms. The van der Waals surface area contributed by atoms with Crippen molar-refractivity contribution in [3.8, 4) is 0 Å². The molecule has 0 aliphatic carbocycles. The Morgan fingerprint density at radius 1 is 0.963 bits per heavy atom. The molecule has 0 aliphatic heterocycles. The Balaban J connectivity index is 1.54. The molecule has 0 aliphatic rings. The van der Waals surface area contributed by atoms with Gasteiger partial charge in [0.2, 0.25) is 0 Å². The first-order valence-electron chi connectivity index (χ1n) is 9.02. The summed E-state index contributed by atoms with van der Waals surface area (Å²) in [6, 6.07) is 24.0. The van der Waals surface area contributed by atoms with Gasteiger partial charge in [-0.15, -0.1) is 0 Å². The number of aryl methyl sites for hydroxylation is 1. The van der Waals surface area contributed by atoms with E-state index in [9.17, 15) is 4.79 Å². The Hall–Kier alpha value is -3.40. The molecule has 0 fully saturated rings. The van der Waals surface area contributed by atoms with Crippen LogP contribution < -0.4 is 5.32 Å². The van der Waals surface area contributed by atoms with Gasteiger partial charge in [-0.1, -0.05) is 66.2 Å². The summed E-state index contributed by atoms with van der Waals surface area (Å²) in [6.45, 7) is 3.27. The maximum absolute atomic E-state index is 12.5. The van der Waals surface area contributed by atoms with Crippen LogP contribution in [0.25, 0.3) is 10.9 Å². The Kier molecular flexibility index (Phi) is 4.71. The van der Waals surface area contributed by atoms with E-state index in [1.165, 1.54) is 11.1 Å². The molecule has 1 amide bonds. The van der Waals surface area contributed by atoms with E-state index in [-0.39, 0.29) is 5.91 Å². The molecule has 4 aromatic rings. The quantitative estimate of drug-likeness (QED) is 0.579. The summed E-state index contributed by atoms with van der Waals surface area (Å²) in [5.74, 6) is -0.0798. The minimum atomic E-state index is -0.0798. The minimum Gasteiger partial charge on any atom is -0.348 e. The standard InChI is InChI=1S/C23H21N3O/c1-17-7-9-19(10-8-17)16-26-22-13-20(11-12-21(22)15-25-26)23(27)24-14-18-5-3-2-4-6-18/h2-13,15H,14,16H2,1H3,(H,24,27). The van der Waals surface area contributed by atoms with Crippen LogP contribution in [-0.2, 0) is 13.1 Å². The molecule has 0 unspecified atom stereocenters. The number of rotatable bonds is 5. The highest BCUT2D eigenvalue weighted by molar-refractivity contribution is 5.97. The van der Waals surface area contributed by atoms with Gasteiger partial charge in [0, 0.05) is 17.5 Å². The number of hydrogen-bond donors (Lipinski definition) is 1. The number of amides is 1. The minimum absolute atomic E-state index is 0.0798. The van der Waals surface area contributed by atoms with E-state index in [0.29, 0.717) is 18.7 Å². The fraction of sp³-hybridized carbons (Fsp3) is 0.130. The summed E-state index contributed by atoms with van der Waals surface area (Å²) in [5.41, 5.74) is 5.11. The number of carbonyl (C=O) groups excluding carboxylic acids is 1. The van der Waals surface area contributed by atoms with Gasteiger partial charge in [-0.3, -0.25) is 9.48 Å². The van der Waals surface area contributed by atoms with Gasteiger partial charge in [0.15, 0.2) is 0 Å². The molecule has 0 saturated heterocycles. The fourth-order valence-corrected chi connectivity index (χ4v) is 3.08. The first-order valence-corrected chi connectivity index (χ1v) is 9.02. The van der Waals surface area contributed by atoms with Gasteiger partial charge >= 0.3 is 0 Å². The molecule has 27 heavy (non-hydrogen) atoms. The molecule has 4 heteroatoms. The molecule has 134 valence electrons. The summed E-state index contributed by atoms with van der Waals surface area (Å²) < 4.78 is 1.94. The van der Waals surface area contributed by atoms with Gasteiger partial charge in [-0.25, -0.2) is 0 Å². The average molecular weight is 355 g/mol. The largest absolute Gasteiger partial charge is 0.348 e. The normalized spacial score (nSPS) is 10.9. The number of nitrogens with zero attached hydrogens (tertiary/aromatic N) is 2. The lowest BCUT2D eigenvalue weighted by atomic mass is 10.1. The van der Waals surface area contributed by atoms with Crippen molar-refractivity contribution in [1.82, 2.24) is 15.1 Å². The van der Waals surface area contributed by atoms with Crippen LogP contribution in [0.2, 0.25) is 0 Å². The zero-order valence-electron chi connectivity index (χ0n) is 15.2. The molecule has 0 saturated carbocycles. The number of hydrogen-bond acceptors (Lipinski definition) is 2. The molecular weight excluding hydrogens is 334 g/mol. The number of carbonyl (C=O) groups is 1. The van der Waals surface area contributed by atoms with Gasteiger partial charge in [-0.05, 0) is 30.2 Å². The lowest BCUT2D eigenvalue weighted by Gasteiger charge is -2.08. The smallest absolute Gasteiger partial charge is 0.251 e. The number of nitrogens with one attached hydrogen (secondary N) is 1. The first-order chi connectivity index (χ1) is 13.2. The SMILES string of the molecule is Cc1ccc(Cn2ncc3ccc(C(=O)NCc4ccccc4)cc32)cc1. The van der Waals surface area contributed by atoms with Crippen LogP contribution in [0.1, 0.15) is 27.0 Å². The van der Waals surface area contributed by atoms with E-state index in [4.69, 9.17) is 0 Å². The van der Waals surface area contributed by atoms with Crippen LogP contribution >= 0.6 is 0 Å². The highest BCUT2D eigenvalue weighted by atomic mass is 16.1. The Morgan fingerprint density at radius 3 is 2.52 bits per heavy atom. The third-order valence-corrected chi connectivity index (χ3v) is 4.66. The molecule has 1 aromatic heterocycles. The van der Waals surface area contributed by atoms with Crippen molar-refractivity contribution in [2.24, 2.45) is 0 Å². The van der Waals surface area contributed by atoms with Crippen LogP contribution in [0.3, 0.4) is 0 Å². The third-order valence-electron chi connectivity index (χ3n) is 4.66. The summed E-state index contributed by atoms with van der Waals surface area (Å²) >= 11 is 0. The molecule has 4 rings (SSSR count). The van der Waals surface area contributed by atoms with Crippen molar-refractivity contribution in [3.63, 3.8) is 0 Å². The topological polar surface area (TPSA) is 46.9 Å². The molecule has 0 spiro atoms. The van der Waals surface area contributed by atoms with Gasteiger partial charge in [0.05, 0.1) is 18.3 Å². The van der Waals surface area contributed by atoms with E-state index >= 15 is 0 Å². The molecule has 1 heterocycles. The van der Waals surface area contributed by atoms with E-state index in [1.54, 1.807) is 0 Å². The van der Waals surface area contributed by atoms with Gasteiger partial charge in [0.1, 0.15) is 0 Å². The van der Waals surface area contributed by atoms with Crippen molar-refractivity contribution < 1.29 is 4.79 Å². The fourth-order valence-electron chi connectivity index (χ4n) is 3.08. The van der Waals surface area contributed by atoms with Crippen molar-refractivity contribution in [3.05, 3.63) is 101 Å². The molecule has 0 atom stereocenters. The van der Waals surface area contributed by atoms with Gasteiger partial charge in [0.25, 0.3) is 5.91 Å². The predicted octanol–water partition coefficient (Wildman–Crippen LogP) is 4.32. The highest BCUT2D eigenvalue weighted by Crippen LogP contribution is 2.18. The lowest BCUT2D eigenvalue weighted by Crippen LogP contribution is -2.22. The Bertz CT molecular complexity index is 1070. The summed E-state index contributed by atoms with van der Waals surface area (Å²) in [5, 5.41) is 8.50. The lowest BCUT2D eigenvalue weighted by molar-refractivity contribution is 0.0951. The van der Waals surface area contributed by atoms with Crippen LogP contribution in [0.5, 0.6) is 0 Å². The molecule has 4 nitrogen and oxygen atoms in total. The van der Waals surface area contributed by atoms with Crippen molar-refractivity contribution in [2.45, 2.75) is 20.0 Å². The van der Waals surface area contributed by atoms with Crippen molar-refractivity contribution in [2.75, 3.05) is 0 Å². The predicted molar refractivity (Wildman–Crippen MR) is 108 cm³/mol. The van der Waals surface area contributed by atoms with Crippen molar-refractivity contribution in [1.29, 1.82) is 0 Å². The van der Waals surface area contributed by atoms with Crippen LogP contribution in [0.15, 0.2) is 79.0 Å². The second-order valence-corrected chi connectivity index (χ2v) is 6.73. The van der Waals surface area contributed by atoms with E-state index in [2.05, 4.69) is 41.6 Å². The zero-order chi connectivity index (χ0) is 18.6. The highest BCUT2D eigenvalue weighted by Gasteiger charge is 2.10. The molecule has 3 aromatic carbocycles. The van der Waals surface area contributed by atoms with Gasteiger partial charge < -0.3 is 5.32 Å². The summed E-state index contributed by atoms with van der Waals surface area (Å²) in [4.78, 5) is 12.5. The summed E-state index contributed by atoms with van der Waals surface area (Å²) in [6.07, 6.45) is 1.84. The zero-order valence-corrected chi connectivity index (χ0v) is 15.2. The number of aromatic nitrogens is 2. The molecule has 1 N–H and O–H groups in total. The molecule has 0 radical (unpaired) electrons. The van der Waals surface area contributed by atoms with Crippen LogP contribution in [-0.4, -0.2) is 15.7 Å². The Labute approximate surface area is 158 Å². The summed E-state index contributed by atoms with van der Waals surface area (Å²) in [7, 11) is 0. The number of fused-ring (bicyclic) bond motifs is 1. The van der Waals surface area contributed by atoms with Crippen LogP contribution in [0, 0.1) is 6.92 Å². The number of benzene rings is 3. The second-order valence-electron chi connectivity index (χ2n) is 6.73. The second kappa shape index (κ2) is 7.46. The average Bonchev–Trinajstić information content (AvgIpc) is 3.11. The van der Waals surface area contributed by atoms with Crippen molar-refractivity contribution >= 4 is 16.8 Å². The molecular formula is C23H21N3O. The maximum atomic E-state index is 12.5. The maximum Gasteiger partial charge on any atom is 0.251 e. The third kappa shape index (κ3) is 3.90. The van der Waals surface area contributed by atoms with E-state index < -0.39 is 0 Å².